The molecule has 142 valence electrons. The Hall–Kier alpha value is -2.87. The summed E-state index contributed by atoms with van der Waals surface area (Å²) >= 11 is 0. The van der Waals surface area contributed by atoms with Gasteiger partial charge in [-0.15, -0.1) is 0 Å². The van der Waals surface area contributed by atoms with Crippen molar-refractivity contribution in [3.63, 3.8) is 0 Å². The van der Waals surface area contributed by atoms with Crippen LogP contribution >= 0.6 is 0 Å². The van der Waals surface area contributed by atoms with Gasteiger partial charge < -0.3 is 5.32 Å². The Morgan fingerprint density at radius 1 is 1.00 bits per heavy atom. The molecule has 3 rings (SSSR count). The first-order valence-corrected chi connectivity index (χ1v) is 10.2. The molecule has 1 aromatic heterocycles. The first-order chi connectivity index (χ1) is 13.0. The molecule has 0 bridgehead atoms. The molecule has 0 unspecified atom stereocenters. The van der Waals surface area contributed by atoms with Gasteiger partial charge in [-0.25, -0.2) is 13.2 Å². The lowest BCUT2D eigenvalue weighted by atomic mass is 10.3. The lowest BCUT2D eigenvalue weighted by Crippen LogP contribution is -2.35. The van der Waals surface area contributed by atoms with Crippen molar-refractivity contribution in [3.05, 3.63) is 65.1 Å². The van der Waals surface area contributed by atoms with E-state index in [0.29, 0.717) is 12.1 Å². The number of unbranched alkanes of at least 4 members (excludes halogenated alkanes) is 1. The van der Waals surface area contributed by atoms with Crippen molar-refractivity contribution in [2.75, 3.05) is 6.54 Å². The number of nitrogens with zero attached hydrogens (tertiary/aromatic N) is 2. The summed E-state index contributed by atoms with van der Waals surface area (Å²) in [6, 6.07) is 14.3. The molecular weight excluding hydrogens is 366 g/mol. The van der Waals surface area contributed by atoms with Gasteiger partial charge in [0.2, 0.25) is 5.91 Å². The molecule has 0 aliphatic heterocycles. The molecule has 1 amide bonds. The quantitative estimate of drug-likeness (QED) is 0.628. The molecule has 0 radical (unpaired) electrons. The Kier molecular flexibility index (Phi) is 5.46. The number of hydrogen-bond donors (Lipinski definition) is 1. The van der Waals surface area contributed by atoms with Crippen LogP contribution in [0.1, 0.15) is 19.8 Å². The zero-order chi connectivity index (χ0) is 19.4. The van der Waals surface area contributed by atoms with E-state index in [9.17, 15) is 18.0 Å². The van der Waals surface area contributed by atoms with E-state index in [4.69, 9.17) is 0 Å². The molecule has 3 aromatic rings. The molecule has 1 N–H and O–H groups in total. The summed E-state index contributed by atoms with van der Waals surface area (Å²) in [5.74, 6) is -0.328. The van der Waals surface area contributed by atoms with Gasteiger partial charge in [-0.05, 0) is 30.7 Å². The molecule has 1 heterocycles. The summed E-state index contributed by atoms with van der Waals surface area (Å²) < 4.78 is 28.0. The van der Waals surface area contributed by atoms with E-state index in [1.807, 2.05) is 6.92 Å². The van der Waals surface area contributed by atoms with Crippen LogP contribution in [-0.2, 0) is 21.4 Å². The summed E-state index contributed by atoms with van der Waals surface area (Å²) in [5.41, 5.74) is -0.119. The molecule has 0 fully saturated rings. The molecule has 0 saturated heterocycles. The van der Waals surface area contributed by atoms with Crippen LogP contribution in [0.15, 0.2) is 64.3 Å². The summed E-state index contributed by atoms with van der Waals surface area (Å²) in [6.07, 6.45) is 1.78. The number of imidazole rings is 1. The van der Waals surface area contributed by atoms with E-state index in [2.05, 4.69) is 5.32 Å². The maximum absolute atomic E-state index is 13.0. The third kappa shape index (κ3) is 3.66. The Morgan fingerprint density at radius 3 is 2.30 bits per heavy atom. The predicted molar refractivity (Wildman–Crippen MR) is 103 cm³/mol. The van der Waals surface area contributed by atoms with Crippen molar-refractivity contribution in [2.24, 2.45) is 0 Å². The molecular formula is C19H21N3O4S. The smallest absolute Gasteiger partial charge is 0.343 e. The zero-order valence-corrected chi connectivity index (χ0v) is 15.8. The predicted octanol–water partition coefficient (Wildman–Crippen LogP) is 1.96. The van der Waals surface area contributed by atoms with Crippen LogP contribution in [0.4, 0.5) is 0 Å². The number of hydrogen-bond acceptors (Lipinski definition) is 4. The minimum absolute atomic E-state index is 0.0161. The molecule has 0 saturated carbocycles. The number of nitrogens with one attached hydrogen (secondary N) is 1. The molecule has 8 heteroatoms. The highest BCUT2D eigenvalue weighted by atomic mass is 32.2. The fourth-order valence-corrected chi connectivity index (χ4v) is 4.30. The van der Waals surface area contributed by atoms with E-state index in [-0.39, 0.29) is 22.9 Å². The Balaban J connectivity index is 2.10. The second-order valence-electron chi connectivity index (χ2n) is 6.14. The van der Waals surface area contributed by atoms with Crippen molar-refractivity contribution in [1.82, 2.24) is 13.9 Å². The van der Waals surface area contributed by atoms with Gasteiger partial charge in [-0.1, -0.05) is 43.7 Å². The second-order valence-corrected chi connectivity index (χ2v) is 7.93. The first kappa shape index (κ1) is 18.9. The highest BCUT2D eigenvalue weighted by Gasteiger charge is 2.25. The van der Waals surface area contributed by atoms with Crippen molar-refractivity contribution < 1.29 is 13.2 Å². The van der Waals surface area contributed by atoms with Crippen LogP contribution in [0.5, 0.6) is 0 Å². The van der Waals surface area contributed by atoms with Crippen LogP contribution in [0, 0.1) is 0 Å². The number of carbonyl (C=O) groups is 1. The number of benzene rings is 2. The van der Waals surface area contributed by atoms with Gasteiger partial charge in [0.25, 0.3) is 10.0 Å². The summed E-state index contributed by atoms with van der Waals surface area (Å²) in [7, 11) is -4.08. The Morgan fingerprint density at radius 2 is 1.63 bits per heavy atom. The number of para-hydroxylation sites is 2. The van der Waals surface area contributed by atoms with Gasteiger partial charge in [0.05, 0.1) is 15.9 Å². The maximum Gasteiger partial charge on any atom is 0.343 e. The standard InChI is InChI=1S/C19H21N3O4S/c1-2-3-13-20-18(23)14-21-16-11-7-8-12-17(16)22(19(21)24)27(25,26)15-9-5-4-6-10-15/h4-12H,2-3,13-14H2,1H3,(H,20,23). The van der Waals surface area contributed by atoms with Crippen LogP contribution in [0.3, 0.4) is 0 Å². The minimum atomic E-state index is -4.08. The van der Waals surface area contributed by atoms with Crippen LogP contribution in [0.25, 0.3) is 11.0 Å². The largest absolute Gasteiger partial charge is 0.355 e. The highest BCUT2D eigenvalue weighted by Crippen LogP contribution is 2.19. The number of rotatable bonds is 7. The van der Waals surface area contributed by atoms with Crippen LogP contribution in [-0.4, -0.2) is 29.4 Å². The summed E-state index contributed by atoms with van der Waals surface area (Å²) in [6.45, 7) is 2.30. The molecule has 2 aromatic carbocycles. The third-order valence-electron chi connectivity index (χ3n) is 4.23. The zero-order valence-electron chi connectivity index (χ0n) is 15.0. The lowest BCUT2D eigenvalue weighted by Gasteiger charge is -2.06. The normalized spacial score (nSPS) is 11.6. The molecule has 0 spiro atoms. The average Bonchev–Trinajstić information content (AvgIpc) is 2.95. The molecule has 7 nitrogen and oxygen atoms in total. The third-order valence-corrected chi connectivity index (χ3v) is 5.93. The molecule has 27 heavy (non-hydrogen) atoms. The molecule has 0 aliphatic carbocycles. The van der Waals surface area contributed by atoms with Gasteiger partial charge >= 0.3 is 5.69 Å². The Bertz CT molecular complexity index is 1110. The van der Waals surface area contributed by atoms with Gasteiger partial charge in [-0.3, -0.25) is 9.36 Å². The van der Waals surface area contributed by atoms with Gasteiger partial charge in [0.15, 0.2) is 0 Å². The monoisotopic (exact) mass is 387 g/mol. The van der Waals surface area contributed by atoms with Crippen molar-refractivity contribution in [1.29, 1.82) is 0 Å². The van der Waals surface area contributed by atoms with E-state index < -0.39 is 15.7 Å². The molecule has 0 atom stereocenters. The van der Waals surface area contributed by atoms with Gasteiger partial charge in [0.1, 0.15) is 6.54 Å². The SMILES string of the molecule is CCCCNC(=O)Cn1c(=O)n(S(=O)(=O)c2ccccc2)c2ccccc21. The highest BCUT2D eigenvalue weighted by molar-refractivity contribution is 7.90. The van der Waals surface area contributed by atoms with Crippen molar-refractivity contribution in [2.45, 2.75) is 31.2 Å². The van der Waals surface area contributed by atoms with Crippen LogP contribution < -0.4 is 11.0 Å². The van der Waals surface area contributed by atoms with E-state index >= 15 is 0 Å². The maximum atomic E-state index is 13.0. The summed E-state index contributed by atoms with van der Waals surface area (Å²) in [5, 5.41) is 2.75. The topological polar surface area (TPSA) is 90.2 Å². The fraction of sp³-hybridized carbons (Fsp3) is 0.263. The van der Waals surface area contributed by atoms with Crippen LogP contribution in [0.2, 0.25) is 0 Å². The minimum Gasteiger partial charge on any atom is -0.355 e. The summed E-state index contributed by atoms with van der Waals surface area (Å²) in [4.78, 5) is 25.1. The number of aromatic nitrogens is 2. The molecule has 0 aliphatic rings. The van der Waals surface area contributed by atoms with E-state index in [1.165, 1.54) is 16.7 Å². The average molecular weight is 387 g/mol. The van der Waals surface area contributed by atoms with E-state index in [1.54, 1.807) is 42.5 Å². The number of fused-ring (bicyclic) bond motifs is 1. The van der Waals surface area contributed by atoms with Gasteiger partial charge in [-0.2, -0.15) is 3.97 Å². The lowest BCUT2D eigenvalue weighted by molar-refractivity contribution is -0.121. The first-order valence-electron chi connectivity index (χ1n) is 8.74. The van der Waals surface area contributed by atoms with Gasteiger partial charge in [0, 0.05) is 6.54 Å². The van der Waals surface area contributed by atoms with Crippen molar-refractivity contribution in [3.8, 4) is 0 Å². The number of amides is 1. The van der Waals surface area contributed by atoms with Crippen molar-refractivity contribution >= 4 is 27.0 Å². The fourth-order valence-electron chi connectivity index (χ4n) is 2.87. The number of carbonyl (C=O) groups excluding carboxylic acids is 1. The Labute approximate surface area is 157 Å². The second kappa shape index (κ2) is 7.79. The van der Waals surface area contributed by atoms with E-state index in [0.717, 1.165) is 16.8 Å².